The Balaban J connectivity index is 1.40. The van der Waals surface area contributed by atoms with Crippen LogP contribution in [0.2, 0.25) is 0 Å². The highest BCUT2D eigenvalue weighted by Crippen LogP contribution is 2.30. The van der Waals surface area contributed by atoms with Gasteiger partial charge in [-0.3, -0.25) is 14.1 Å². The van der Waals surface area contributed by atoms with Crippen LogP contribution in [0.25, 0.3) is 28.3 Å². The summed E-state index contributed by atoms with van der Waals surface area (Å²) in [4.78, 5) is 29.0. The van der Waals surface area contributed by atoms with Crippen LogP contribution < -0.4 is 10.2 Å². The first-order valence-corrected chi connectivity index (χ1v) is 10.1. The summed E-state index contributed by atoms with van der Waals surface area (Å²) in [5.74, 6) is -0.144. The number of benzene rings is 1. The Morgan fingerprint density at radius 2 is 2.15 bits per heavy atom. The second kappa shape index (κ2) is 7.97. The van der Waals surface area contributed by atoms with Crippen molar-refractivity contribution in [3.05, 3.63) is 48.5 Å². The predicted octanol–water partition coefficient (Wildman–Crippen LogP) is 1.79. The summed E-state index contributed by atoms with van der Waals surface area (Å²) in [7, 11) is 1.73. The minimum absolute atomic E-state index is 0.203. The maximum atomic E-state index is 15.1. The van der Waals surface area contributed by atoms with Crippen LogP contribution in [-0.4, -0.2) is 60.8 Å². The number of carbonyl (C=O) groups excluding carboxylic acids is 2. The molecule has 4 aromatic rings. The first kappa shape index (κ1) is 20.5. The molecule has 1 atom stereocenters. The normalized spacial score (nSPS) is 15.8. The molecular formula is C21H19FN8O3. The van der Waals surface area contributed by atoms with E-state index < -0.39 is 18.0 Å². The molecule has 3 aromatic heterocycles. The number of pyridine rings is 1. The average molecular weight is 450 g/mol. The molecule has 1 N–H and O–H groups in total. The fourth-order valence-electron chi connectivity index (χ4n) is 3.76. The van der Waals surface area contributed by atoms with E-state index in [4.69, 9.17) is 4.74 Å². The van der Waals surface area contributed by atoms with Crippen LogP contribution in [0.4, 0.5) is 14.9 Å². The minimum Gasteiger partial charge on any atom is -0.442 e. The van der Waals surface area contributed by atoms with Gasteiger partial charge in [-0.15, -0.1) is 5.10 Å². The molecule has 33 heavy (non-hydrogen) atoms. The Kier molecular flexibility index (Phi) is 4.96. The predicted molar refractivity (Wildman–Crippen MR) is 115 cm³/mol. The van der Waals surface area contributed by atoms with Gasteiger partial charge in [-0.2, -0.15) is 0 Å². The molecule has 1 saturated heterocycles. The molecule has 0 radical (unpaired) electrons. The number of hydrogen-bond acceptors (Lipinski definition) is 7. The van der Waals surface area contributed by atoms with E-state index in [0.717, 1.165) is 0 Å². The van der Waals surface area contributed by atoms with E-state index in [0.29, 0.717) is 34.0 Å². The number of amides is 2. The van der Waals surface area contributed by atoms with Crippen LogP contribution in [0.5, 0.6) is 0 Å². The lowest BCUT2D eigenvalue weighted by Crippen LogP contribution is -2.33. The number of hydrogen-bond donors (Lipinski definition) is 1. The number of aromatic nitrogens is 6. The number of anilines is 1. The third kappa shape index (κ3) is 3.75. The summed E-state index contributed by atoms with van der Waals surface area (Å²) < 4.78 is 23.7. The van der Waals surface area contributed by atoms with Gasteiger partial charge >= 0.3 is 6.09 Å². The van der Waals surface area contributed by atoms with Crippen LogP contribution >= 0.6 is 0 Å². The number of fused-ring (bicyclic) bond motifs is 1. The van der Waals surface area contributed by atoms with Crippen LogP contribution in [0.15, 0.2) is 42.7 Å². The minimum atomic E-state index is -0.581. The second-order valence-electron chi connectivity index (χ2n) is 7.63. The van der Waals surface area contributed by atoms with Crippen molar-refractivity contribution < 1.29 is 18.7 Å². The zero-order valence-corrected chi connectivity index (χ0v) is 17.8. The number of imidazole rings is 1. The molecule has 11 nitrogen and oxygen atoms in total. The first-order chi connectivity index (χ1) is 15.9. The topological polar surface area (TPSA) is 120 Å². The third-order valence-corrected chi connectivity index (χ3v) is 5.39. The number of nitrogens with one attached hydrogen (secondary N) is 1. The van der Waals surface area contributed by atoms with Crippen molar-refractivity contribution >= 4 is 23.3 Å². The van der Waals surface area contributed by atoms with E-state index in [2.05, 4.69) is 25.8 Å². The van der Waals surface area contributed by atoms with Gasteiger partial charge in [-0.25, -0.2) is 18.9 Å². The number of carbonyl (C=O) groups is 2. The highest BCUT2D eigenvalue weighted by molar-refractivity contribution is 5.90. The van der Waals surface area contributed by atoms with Gasteiger partial charge in [0.1, 0.15) is 23.3 Å². The standard InChI is InChI=1S/C21H19FN8O3/c1-12(31)23-9-15-11-30(21(32)33-15)14-3-4-16(17(22)8-14)13-5-6-29-18(10-24-19(29)7-13)20-25-26-27-28(20)2/h3-8,10,15H,9,11H2,1-2H3,(H,23,31)/t15-/m0/s1. The third-order valence-electron chi connectivity index (χ3n) is 5.39. The van der Waals surface area contributed by atoms with Crippen LogP contribution in [-0.2, 0) is 16.6 Å². The lowest BCUT2D eigenvalue weighted by molar-refractivity contribution is -0.119. The maximum Gasteiger partial charge on any atom is 0.414 e. The zero-order valence-electron chi connectivity index (χ0n) is 17.8. The molecule has 12 heteroatoms. The number of ether oxygens (including phenoxy) is 1. The molecular weight excluding hydrogens is 431 g/mol. The van der Waals surface area contributed by atoms with Gasteiger partial charge in [0.15, 0.2) is 5.82 Å². The number of aryl methyl sites for hydroxylation is 1. The van der Waals surface area contributed by atoms with E-state index in [1.54, 1.807) is 48.4 Å². The molecule has 5 rings (SSSR count). The molecule has 1 fully saturated rings. The van der Waals surface area contributed by atoms with E-state index >= 15 is 4.39 Å². The molecule has 0 aliphatic carbocycles. The smallest absolute Gasteiger partial charge is 0.414 e. The molecule has 4 heterocycles. The lowest BCUT2D eigenvalue weighted by atomic mass is 10.1. The van der Waals surface area contributed by atoms with Gasteiger partial charge in [-0.05, 0) is 46.3 Å². The Bertz CT molecular complexity index is 1380. The summed E-state index contributed by atoms with van der Waals surface area (Å²) >= 11 is 0. The summed E-state index contributed by atoms with van der Waals surface area (Å²) in [5, 5.41) is 14.1. The van der Waals surface area contributed by atoms with Gasteiger partial charge in [-0.1, -0.05) is 0 Å². The summed E-state index contributed by atoms with van der Waals surface area (Å²) in [6.07, 6.45) is 2.35. The molecule has 0 saturated carbocycles. The van der Waals surface area contributed by atoms with E-state index in [1.165, 1.54) is 17.9 Å². The van der Waals surface area contributed by atoms with Crippen molar-refractivity contribution in [3.63, 3.8) is 0 Å². The number of cyclic esters (lactones) is 1. The lowest BCUT2D eigenvalue weighted by Gasteiger charge is -2.14. The molecule has 1 aromatic carbocycles. The zero-order chi connectivity index (χ0) is 23.1. The quantitative estimate of drug-likeness (QED) is 0.492. The second-order valence-corrected chi connectivity index (χ2v) is 7.63. The SMILES string of the molecule is CC(=O)NC[C@H]1CN(c2ccc(-c3ccn4c(-c5nnnn5C)cnc4c3)c(F)c2)C(=O)O1. The summed E-state index contributed by atoms with van der Waals surface area (Å²) in [6.45, 7) is 1.81. The van der Waals surface area contributed by atoms with Gasteiger partial charge in [0.25, 0.3) is 0 Å². The maximum absolute atomic E-state index is 15.1. The Labute approximate surface area is 186 Å². The summed E-state index contributed by atoms with van der Waals surface area (Å²) in [5.41, 5.74) is 2.70. The Hall–Kier alpha value is -4.35. The monoisotopic (exact) mass is 450 g/mol. The highest BCUT2D eigenvalue weighted by Gasteiger charge is 2.32. The van der Waals surface area contributed by atoms with Crippen molar-refractivity contribution in [3.8, 4) is 22.6 Å². The fourth-order valence-corrected chi connectivity index (χ4v) is 3.76. The molecule has 168 valence electrons. The van der Waals surface area contributed by atoms with Gasteiger partial charge < -0.3 is 10.1 Å². The van der Waals surface area contributed by atoms with E-state index in [1.807, 2.05) is 4.40 Å². The van der Waals surface area contributed by atoms with Crippen molar-refractivity contribution in [1.29, 1.82) is 0 Å². The Morgan fingerprint density at radius 1 is 1.30 bits per heavy atom. The summed E-state index contributed by atoms with van der Waals surface area (Å²) in [6, 6.07) is 8.10. The molecule has 2 amide bonds. The molecule has 0 unspecified atom stereocenters. The van der Waals surface area contributed by atoms with Gasteiger partial charge in [0.2, 0.25) is 5.91 Å². The number of rotatable bonds is 5. The largest absolute Gasteiger partial charge is 0.442 e. The van der Waals surface area contributed by atoms with Gasteiger partial charge in [0.05, 0.1) is 25.0 Å². The number of nitrogens with zero attached hydrogens (tertiary/aromatic N) is 7. The first-order valence-electron chi connectivity index (χ1n) is 10.1. The van der Waals surface area contributed by atoms with Crippen LogP contribution in [0.1, 0.15) is 6.92 Å². The van der Waals surface area contributed by atoms with Crippen LogP contribution in [0.3, 0.4) is 0 Å². The molecule has 1 aliphatic rings. The van der Waals surface area contributed by atoms with Crippen molar-refractivity contribution in [2.75, 3.05) is 18.0 Å². The highest BCUT2D eigenvalue weighted by atomic mass is 19.1. The number of halogens is 1. The molecule has 1 aliphatic heterocycles. The van der Waals surface area contributed by atoms with E-state index in [9.17, 15) is 9.59 Å². The van der Waals surface area contributed by atoms with Gasteiger partial charge in [0, 0.05) is 25.7 Å². The van der Waals surface area contributed by atoms with Crippen molar-refractivity contribution in [1.82, 2.24) is 34.9 Å². The molecule has 0 bridgehead atoms. The van der Waals surface area contributed by atoms with Crippen LogP contribution in [0, 0.1) is 5.82 Å². The van der Waals surface area contributed by atoms with Crippen molar-refractivity contribution in [2.45, 2.75) is 13.0 Å². The molecule has 0 spiro atoms. The fraction of sp³-hybridized carbons (Fsp3) is 0.238. The van der Waals surface area contributed by atoms with E-state index in [-0.39, 0.29) is 19.0 Å². The Morgan fingerprint density at radius 3 is 2.88 bits per heavy atom. The van der Waals surface area contributed by atoms with Crippen molar-refractivity contribution in [2.24, 2.45) is 7.05 Å². The average Bonchev–Trinajstić information content (AvgIpc) is 3.49. The number of tetrazole rings is 1.